The summed E-state index contributed by atoms with van der Waals surface area (Å²) in [5.41, 5.74) is 39.6. The number of amides is 2. The van der Waals surface area contributed by atoms with Crippen LogP contribution in [0.1, 0.15) is 140 Å². The molecule has 0 heterocycles. The van der Waals surface area contributed by atoms with Crippen molar-refractivity contribution in [2.24, 2.45) is 44.4 Å². The number of carbonyl (C=O) groups is 2. The van der Waals surface area contributed by atoms with Gasteiger partial charge in [-0.05, 0) is 77.3 Å². The van der Waals surface area contributed by atoms with Crippen molar-refractivity contribution in [3.05, 3.63) is 58.7 Å². The van der Waals surface area contributed by atoms with Crippen LogP contribution in [0.2, 0.25) is 0 Å². The van der Waals surface area contributed by atoms with Gasteiger partial charge in [0.25, 0.3) is 11.8 Å². The number of aliphatic imine (C=N–C) groups is 2. The first-order valence-corrected chi connectivity index (χ1v) is 25.0. The molecule has 17 heteroatoms. The minimum atomic E-state index is -0.538. The predicted octanol–water partition coefficient (Wildman–Crippen LogP) is 9.35. The van der Waals surface area contributed by atoms with Gasteiger partial charge in [-0.2, -0.15) is 0 Å². The standard InChI is InChI=1S/C42H65N10O4PS2.C3H8.C2H6/c1-8-12-42(7,10-3)26-21-30(35(58-11-4)31(22-26)51-39(46)47)50-38(54)28-23-27(33(55-16-13-43)24-34(28)56-17-14-44)37(53)49-29-19-25(41(5,6)9-2)20-32(52-40(48)57)36(29)59-18-15-45;1-3-2;1-2/h19-24H,8-18,43-45,57H2,1-7H3,(H2,48,52)(H,49,53)(H,50,54)(H4,46,47,51);3H2,1-2H3;1-2H3. The van der Waals surface area contributed by atoms with Crippen molar-refractivity contribution < 1.29 is 19.1 Å². The number of nitrogens with zero attached hydrogens (tertiary/aromatic N) is 2. The fraction of sp³-hybridized carbons (Fsp3) is 0.532. The number of nitrogens with two attached hydrogens (primary N) is 6. The van der Waals surface area contributed by atoms with Crippen LogP contribution in [-0.4, -0.2) is 67.7 Å². The molecule has 358 valence electrons. The van der Waals surface area contributed by atoms with Crippen molar-refractivity contribution >= 4 is 78.9 Å². The number of guanidine groups is 1. The van der Waals surface area contributed by atoms with E-state index >= 15 is 0 Å². The number of thioether (sulfide) groups is 2. The van der Waals surface area contributed by atoms with Crippen LogP contribution in [0.25, 0.3) is 0 Å². The molecule has 0 saturated heterocycles. The summed E-state index contributed by atoms with van der Waals surface area (Å²) in [7, 11) is 2.41. The fourth-order valence-electron chi connectivity index (χ4n) is 6.36. The number of benzene rings is 3. The second kappa shape index (κ2) is 29.5. The van der Waals surface area contributed by atoms with Crippen molar-refractivity contribution in [1.82, 2.24) is 0 Å². The van der Waals surface area contributed by atoms with Gasteiger partial charge in [0.05, 0.1) is 43.7 Å². The van der Waals surface area contributed by atoms with Gasteiger partial charge in [-0.25, -0.2) is 9.98 Å². The minimum absolute atomic E-state index is 0.0776. The van der Waals surface area contributed by atoms with E-state index in [1.54, 1.807) is 0 Å². The molecule has 0 spiro atoms. The molecule has 0 radical (unpaired) electrons. The number of hydrogen-bond acceptors (Lipinski definition) is 11. The number of ether oxygens (including phenoxy) is 2. The molecule has 3 aromatic carbocycles. The van der Waals surface area contributed by atoms with E-state index in [1.165, 1.54) is 42.1 Å². The van der Waals surface area contributed by atoms with E-state index in [-0.39, 0.29) is 71.3 Å². The van der Waals surface area contributed by atoms with E-state index in [2.05, 4.69) is 85.2 Å². The van der Waals surface area contributed by atoms with Gasteiger partial charge < -0.3 is 54.5 Å². The molecule has 0 bridgehead atoms. The summed E-state index contributed by atoms with van der Waals surface area (Å²) >= 11 is 2.95. The van der Waals surface area contributed by atoms with E-state index in [1.807, 2.05) is 45.0 Å². The third kappa shape index (κ3) is 17.1. The molecule has 0 aliphatic carbocycles. The molecule has 2 unspecified atom stereocenters. The Morgan fingerprint density at radius 2 is 1.17 bits per heavy atom. The van der Waals surface area contributed by atoms with Gasteiger partial charge in [0.1, 0.15) is 30.3 Å². The SMILES string of the molecule is CC.CCC.CCCC(C)(CC)c1cc(N=C(N)N)c(SCC)c(NC(=O)c2cc(C(=O)Nc3cc(C(C)(C)CC)cc(N=C(N)P)c3SCCN)c(OCCN)cc2OCCN)c1. The Morgan fingerprint density at radius 1 is 0.688 bits per heavy atom. The van der Waals surface area contributed by atoms with E-state index in [0.29, 0.717) is 50.6 Å². The van der Waals surface area contributed by atoms with Crippen LogP contribution in [0.15, 0.2) is 56.2 Å². The molecule has 3 rings (SSSR count). The van der Waals surface area contributed by atoms with Gasteiger partial charge in [-0.3, -0.25) is 9.59 Å². The normalized spacial score (nSPS) is 12.1. The number of nitrogens with one attached hydrogen (secondary N) is 2. The number of anilines is 2. The van der Waals surface area contributed by atoms with Crippen LogP contribution in [0.5, 0.6) is 11.5 Å². The summed E-state index contributed by atoms with van der Waals surface area (Å²) < 4.78 is 12.1. The predicted molar refractivity (Wildman–Crippen MR) is 280 cm³/mol. The molecule has 0 aliphatic rings. The maximum absolute atomic E-state index is 14.7. The number of hydrogen-bond donors (Lipinski definition) is 8. The van der Waals surface area contributed by atoms with E-state index in [0.717, 1.165) is 36.8 Å². The number of carbonyl (C=O) groups excluding carboxylic acids is 2. The van der Waals surface area contributed by atoms with Crippen molar-refractivity contribution in [1.29, 1.82) is 0 Å². The monoisotopic (exact) mass is 943 g/mol. The van der Waals surface area contributed by atoms with Crippen LogP contribution in [0.4, 0.5) is 22.7 Å². The zero-order valence-electron chi connectivity index (χ0n) is 40.3. The van der Waals surface area contributed by atoms with Gasteiger partial charge in [-0.1, -0.05) is 98.2 Å². The molecule has 2 atom stereocenters. The average molecular weight is 943 g/mol. The largest absolute Gasteiger partial charge is 0.491 e. The molecule has 14 nitrogen and oxygen atoms in total. The second-order valence-electron chi connectivity index (χ2n) is 15.5. The summed E-state index contributed by atoms with van der Waals surface area (Å²) in [5, 5.41) is 6.24. The maximum atomic E-state index is 14.7. The summed E-state index contributed by atoms with van der Waals surface area (Å²) in [6.07, 6.45) is 4.77. The first kappa shape index (κ1) is 58.0. The molecule has 3 aromatic rings. The minimum Gasteiger partial charge on any atom is -0.491 e. The lowest BCUT2D eigenvalue weighted by Crippen LogP contribution is -2.24. The Hall–Kier alpha value is -4.05. The van der Waals surface area contributed by atoms with Crippen LogP contribution < -0.4 is 54.5 Å². The smallest absolute Gasteiger partial charge is 0.259 e. The second-order valence-corrected chi connectivity index (χ2v) is 18.5. The highest BCUT2D eigenvalue weighted by Gasteiger charge is 2.29. The van der Waals surface area contributed by atoms with E-state index in [4.69, 9.17) is 43.9 Å². The molecule has 14 N–H and O–H groups in total. The number of amidine groups is 1. The van der Waals surface area contributed by atoms with Crippen molar-refractivity contribution in [2.75, 3.05) is 55.0 Å². The zero-order chi connectivity index (χ0) is 48.6. The Balaban J connectivity index is 0.00000392. The Labute approximate surface area is 394 Å². The molecule has 2 amide bonds. The highest BCUT2D eigenvalue weighted by atomic mass is 32.2. The molecule has 0 saturated carbocycles. The first-order valence-electron chi connectivity index (χ1n) is 22.4. The van der Waals surface area contributed by atoms with Crippen molar-refractivity contribution in [3.63, 3.8) is 0 Å². The molecule has 0 fully saturated rings. The maximum Gasteiger partial charge on any atom is 0.259 e. The summed E-state index contributed by atoms with van der Waals surface area (Å²) in [6.45, 7) is 24.0. The molecule has 0 aliphatic heterocycles. The van der Waals surface area contributed by atoms with Crippen LogP contribution in [-0.2, 0) is 10.8 Å². The first-order chi connectivity index (χ1) is 30.4. The summed E-state index contributed by atoms with van der Waals surface area (Å²) in [4.78, 5) is 39.8. The van der Waals surface area contributed by atoms with Gasteiger partial charge in [0.2, 0.25) is 0 Å². The molecule has 64 heavy (non-hydrogen) atoms. The Morgan fingerprint density at radius 3 is 1.59 bits per heavy atom. The summed E-state index contributed by atoms with van der Waals surface area (Å²) in [6, 6.07) is 10.9. The van der Waals surface area contributed by atoms with E-state index in [9.17, 15) is 9.59 Å². The molecular weight excluding hydrogens is 864 g/mol. The van der Waals surface area contributed by atoms with E-state index < -0.39 is 11.8 Å². The Bertz CT molecular complexity index is 2010. The Kier molecular flexibility index (Phi) is 26.7. The van der Waals surface area contributed by atoms with Gasteiger partial charge in [0.15, 0.2) is 5.96 Å². The lowest BCUT2D eigenvalue weighted by Gasteiger charge is -2.30. The summed E-state index contributed by atoms with van der Waals surface area (Å²) in [5.74, 6) is 0.403. The van der Waals surface area contributed by atoms with Crippen molar-refractivity contribution in [3.8, 4) is 11.5 Å². The van der Waals surface area contributed by atoms with Gasteiger partial charge in [0, 0.05) is 31.5 Å². The quantitative estimate of drug-likeness (QED) is 0.0191. The highest BCUT2D eigenvalue weighted by molar-refractivity contribution is 7.99. The van der Waals surface area contributed by atoms with Crippen molar-refractivity contribution in [2.45, 2.75) is 129 Å². The van der Waals surface area contributed by atoms with Crippen LogP contribution in [0, 0.1) is 0 Å². The highest BCUT2D eigenvalue weighted by Crippen LogP contribution is 2.45. The topological polar surface area (TPSA) is 258 Å². The third-order valence-corrected chi connectivity index (χ3v) is 12.3. The van der Waals surface area contributed by atoms with Gasteiger partial charge in [-0.15, -0.1) is 23.5 Å². The lowest BCUT2D eigenvalue weighted by atomic mass is 9.76. The number of rotatable bonds is 23. The molecular formula is C47H79N10O4PS2. The third-order valence-electron chi connectivity index (χ3n) is 10.1. The molecule has 0 aromatic heterocycles. The fourth-order valence-corrected chi connectivity index (χ4v) is 8.14. The van der Waals surface area contributed by atoms with Crippen LogP contribution >= 0.6 is 32.8 Å². The lowest BCUT2D eigenvalue weighted by molar-refractivity contribution is 0.102. The zero-order valence-corrected chi connectivity index (χ0v) is 43.1. The average Bonchev–Trinajstić information content (AvgIpc) is 3.25. The van der Waals surface area contributed by atoms with Crippen LogP contribution in [0.3, 0.4) is 0 Å². The van der Waals surface area contributed by atoms with Gasteiger partial charge >= 0.3 is 0 Å².